The van der Waals surface area contributed by atoms with E-state index >= 15 is 0 Å². The van der Waals surface area contributed by atoms with E-state index in [4.69, 9.17) is 4.74 Å². The number of methoxy groups -OCH3 is 1. The van der Waals surface area contributed by atoms with Gasteiger partial charge in [0.25, 0.3) is 0 Å². The number of hydrogen-bond donors (Lipinski definition) is 0. The fraction of sp³-hybridized carbons (Fsp3) is 0.286. The Balaban J connectivity index is 2.25. The van der Waals surface area contributed by atoms with Gasteiger partial charge in [-0.15, -0.1) is 0 Å². The molecule has 0 bridgehead atoms. The highest BCUT2D eigenvalue weighted by Gasteiger charge is 2.48. The molecule has 0 aliphatic carbocycles. The van der Waals surface area contributed by atoms with Gasteiger partial charge >= 0.3 is 0 Å². The Labute approximate surface area is 106 Å². The number of nitrogens with zero attached hydrogens (tertiary/aromatic N) is 1. The summed E-state index contributed by atoms with van der Waals surface area (Å²) in [6, 6.07) is 6.62. The second kappa shape index (κ2) is 4.64. The van der Waals surface area contributed by atoms with Crippen LogP contribution in [-0.2, 0) is 9.59 Å². The van der Waals surface area contributed by atoms with Gasteiger partial charge in [0.15, 0.2) is 0 Å². The van der Waals surface area contributed by atoms with E-state index in [2.05, 4.69) is 6.58 Å². The topological polar surface area (TPSA) is 46.6 Å². The van der Waals surface area contributed by atoms with Crippen LogP contribution in [0.15, 0.2) is 36.4 Å². The number of carbonyl (C=O) groups excluding carboxylic acids is 2. The molecule has 1 aromatic carbocycles. The molecule has 1 saturated heterocycles. The molecule has 1 aliphatic heterocycles. The lowest BCUT2D eigenvalue weighted by Gasteiger charge is -2.44. The summed E-state index contributed by atoms with van der Waals surface area (Å²) in [5, 5.41) is 0. The molecule has 1 fully saturated rings. The van der Waals surface area contributed by atoms with Gasteiger partial charge in [0, 0.05) is 5.69 Å². The summed E-state index contributed by atoms with van der Waals surface area (Å²) in [6.45, 7) is 5.52. The normalized spacial score (nSPS) is 22.3. The number of carbonyl (C=O) groups is 2. The van der Waals surface area contributed by atoms with Crippen LogP contribution in [0.25, 0.3) is 0 Å². The average molecular weight is 245 g/mol. The first-order chi connectivity index (χ1) is 8.60. The van der Waals surface area contributed by atoms with Crippen LogP contribution in [-0.4, -0.2) is 25.3 Å². The Morgan fingerprint density at radius 3 is 2.44 bits per heavy atom. The minimum Gasteiger partial charge on any atom is -0.497 e. The van der Waals surface area contributed by atoms with Crippen molar-refractivity contribution in [2.24, 2.45) is 5.92 Å². The molecule has 2 rings (SSSR count). The maximum atomic E-state index is 12.0. The van der Waals surface area contributed by atoms with Crippen molar-refractivity contribution in [3.8, 4) is 5.75 Å². The van der Waals surface area contributed by atoms with Gasteiger partial charge in [-0.25, -0.2) is 0 Å². The van der Waals surface area contributed by atoms with Gasteiger partial charge in [0.1, 0.15) is 18.1 Å². The summed E-state index contributed by atoms with van der Waals surface area (Å²) in [4.78, 5) is 24.6. The molecule has 0 N–H and O–H groups in total. The van der Waals surface area contributed by atoms with Gasteiger partial charge in [0.05, 0.1) is 13.0 Å². The van der Waals surface area contributed by atoms with E-state index in [1.165, 1.54) is 4.90 Å². The molecule has 4 nitrogen and oxygen atoms in total. The van der Waals surface area contributed by atoms with Crippen molar-refractivity contribution < 1.29 is 14.3 Å². The molecule has 1 aliphatic rings. The van der Waals surface area contributed by atoms with Crippen LogP contribution >= 0.6 is 0 Å². The predicted molar refractivity (Wildman–Crippen MR) is 68.6 cm³/mol. The van der Waals surface area contributed by atoms with E-state index in [1.807, 2.05) is 0 Å². The summed E-state index contributed by atoms with van der Waals surface area (Å²) in [7, 11) is 1.58. The largest absolute Gasteiger partial charge is 0.497 e. The van der Waals surface area contributed by atoms with Crippen LogP contribution in [0.5, 0.6) is 5.75 Å². The fourth-order valence-corrected chi connectivity index (χ4v) is 2.19. The number of amides is 1. The van der Waals surface area contributed by atoms with Crippen molar-refractivity contribution >= 4 is 17.9 Å². The summed E-state index contributed by atoms with van der Waals surface area (Å²) in [5.74, 6) is 0.250. The number of anilines is 1. The average Bonchev–Trinajstić information content (AvgIpc) is 2.36. The Kier molecular flexibility index (Phi) is 3.19. The Morgan fingerprint density at radius 2 is 2.00 bits per heavy atom. The zero-order chi connectivity index (χ0) is 13.3. The third-order valence-corrected chi connectivity index (χ3v) is 3.16. The van der Waals surface area contributed by atoms with Crippen LogP contribution in [0, 0.1) is 5.92 Å². The van der Waals surface area contributed by atoms with Crippen LogP contribution in [0.1, 0.15) is 6.92 Å². The highest BCUT2D eigenvalue weighted by atomic mass is 16.5. The van der Waals surface area contributed by atoms with Gasteiger partial charge in [-0.05, 0) is 31.2 Å². The van der Waals surface area contributed by atoms with Gasteiger partial charge in [-0.1, -0.05) is 12.2 Å². The van der Waals surface area contributed by atoms with E-state index in [-0.39, 0.29) is 11.8 Å². The molecule has 0 spiro atoms. The van der Waals surface area contributed by atoms with E-state index in [0.717, 1.165) is 11.9 Å². The lowest BCUT2D eigenvalue weighted by Crippen LogP contribution is -2.62. The molecular formula is C14H15NO3. The molecule has 1 amide bonds. The Morgan fingerprint density at radius 1 is 1.39 bits per heavy atom. The third-order valence-electron chi connectivity index (χ3n) is 3.16. The maximum Gasteiger partial charge on any atom is 0.237 e. The monoisotopic (exact) mass is 245 g/mol. The van der Waals surface area contributed by atoms with Crippen molar-refractivity contribution in [3.63, 3.8) is 0 Å². The Bertz CT molecular complexity index is 492. The number of ether oxygens (including phenoxy) is 1. The first-order valence-corrected chi connectivity index (χ1v) is 5.68. The predicted octanol–water partition coefficient (Wildman–Crippen LogP) is 1.80. The second-order valence-corrected chi connectivity index (χ2v) is 4.36. The second-order valence-electron chi connectivity index (χ2n) is 4.36. The number of rotatable bonds is 4. The minimum atomic E-state index is -0.441. The molecule has 4 heteroatoms. The highest BCUT2D eigenvalue weighted by Crippen LogP contribution is 2.35. The molecule has 2 atom stereocenters. The van der Waals surface area contributed by atoms with Crippen molar-refractivity contribution in [1.29, 1.82) is 0 Å². The van der Waals surface area contributed by atoms with Crippen LogP contribution in [0.2, 0.25) is 0 Å². The maximum absolute atomic E-state index is 12.0. The number of benzene rings is 1. The number of aldehydes is 1. The zero-order valence-electron chi connectivity index (χ0n) is 10.4. The summed E-state index contributed by atoms with van der Waals surface area (Å²) in [5.41, 5.74) is 1.43. The van der Waals surface area contributed by atoms with E-state index < -0.39 is 6.04 Å². The van der Waals surface area contributed by atoms with Gasteiger partial charge in [-0.2, -0.15) is 0 Å². The Hall–Kier alpha value is -2.10. The molecular weight excluding hydrogens is 230 g/mol. The summed E-state index contributed by atoms with van der Waals surface area (Å²) < 4.78 is 5.05. The van der Waals surface area contributed by atoms with E-state index in [1.54, 1.807) is 38.3 Å². The van der Waals surface area contributed by atoms with Crippen molar-refractivity contribution in [2.45, 2.75) is 13.0 Å². The lowest BCUT2D eigenvalue weighted by atomic mass is 9.83. The standard InChI is InChI=1S/C14H15NO3/c1-9(2)13-12(8-16)15(14(13)17)10-4-6-11(18-3)7-5-10/h4-8,12-13H,1H2,2-3H3/t12-,13+/m1/s1. The van der Waals surface area contributed by atoms with Crippen molar-refractivity contribution in [2.75, 3.05) is 12.0 Å². The lowest BCUT2D eigenvalue weighted by molar-refractivity contribution is -0.132. The van der Waals surface area contributed by atoms with Crippen LogP contribution < -0.4 is 9.64 Å². The van der Waals surface area contributed by atoms with Crippen molar-refractivity contribution in [1.82, 2.24) is 0 Å². The molecule has 94 valence electrons. The SMILES string of the molecule is C=C(C)[C@@H]1C(=O)N(c2ccc(OC)cc2)[C@@H]1C=O. The third kappa shape index (κ3) is 1.79. The fourth-order valence-electron chi connectivity index (χ4n) is 2.19. The molecule has 18 heavy (non-hydrogen) atoms. The molecule has 0 saturated carbocycles. The molecule has 1 aromatic rings. The smallest absolute Gasteiger partial charge is 0.237 e. The first kappa shape index (κ1) is 12.4. The molecule has 0 unspecified atom stereocenters. The van der Waals surface area contributed by atoms with Crippen LogP contribution in [0.3, 0.4) is 0 Å². The minimum absolute atomic E-state index is 0.0789. The number of β-lactam (4-membered cyclic amide) rings is 1. The molecule has 0 radical (unpaired) electrons. The highest BCUT2D eigenvalue weighted by molar-refractivity contribution is 6.09. The zero-order valence-corrected chi connectivity index (χ0v) is 10.4. The summed E-state index contributed by atoms with van der Waals surface area (Å²) in [6.07, 6.45) is 0.797. The summed E-state index contributed by atoms with van der Waals surface area (Å²) >= 11 is 0. The van der Waals surface area contributed by atoms with Gasteiger partial charge in [0.2, 0.25) is 5.91 Å². The quantitative estimate of drug-likeness (QED) is 0.461. The van der Waals surface area contributed by atoms with Gasteiger partial charge < -0.3 is 14.4 Å². The van der Waals surface area contributed by atoms with Crippen LogP contribution in [0.4, 0.5) is 5.69 Å². The van der Waals surface area contributed by atoms with Gasteiger partial charge in [-0.3, -0.25) is 4.79 Å². The number of hydrogen-bond acceptors (Lipinski definition) is 3. The van der Waals surface area contributed by atoms with E-state index in [9.17, 15) is 9.59 Å². The molecule has 1 heterocycles. The first-order valence-electron chi connectivity index (χ1n) is 5.68. The van der Waals surface area contributed by atoms with E-state index in [0.29, 0.717) is 11.4 Å². The van der Waals surface area contributed by atoms with Crippen molar-refractivity contribution in [3.05, 3.63) is 36.4 Å². The molecule has 0 aromatic heterocycles.